The molecule has 1 aromatic carbocycles. The highest BCUT2D eigenvalue weighted by Gasteiger charge is 1.98. The number of halogens is 2. The third-order valence-electron chi connectivity index (χ3n) is 1.14. The first-order valence-electron chi connectivity index (χ1n) is 2.71. The number of carbonyl (C=O) groups excluding carboxylic acids is 1. The van der Waals surface area contributed by atoms with Crippen molar-refractivity contribution in [3.63, 3.8) is 0 Å². The highest BCUT2D eigenvalue weighted by atomic mass is 35.5. The van der Waals surface area contributed by atoms with E-state index in [-0.39, 0.29) is 41.9 Å². The van der Waals surface area contributed by atoms with Gasteiger partial charge in [-0.1, -0.05) is 0 Å². The van der Waals surface area contributed by atoms with E-state index in [1.807, 2.05) is 0 Å². The SMILES string of the molecule is O=Cc1ccc(O)cc1O.[Cl-].[Cl-]. The predicted octanol–water partition coefficient (Wildman–Crippen LogP) is -5.08. The molecule has 0 aliphatic rings. The fourth-order valence-corrected chi connectivity index (χ4v) is 0.632. The Balaban J connectivity index is 0. The molecule has 0 spiro atoms. The minimum absolute atomic E-state index is 0. The topological polar surface area (TPSA) is 57.5 Å². The number of hydrogen-bond donors (Lipinski definition) is 2. The molecule has 0 aliphatic carbocycles. The van der Waals surface area contributed by atoms with Crippen LogP contribution in [0.1, 0.15) is 10.4 Å². The summed E-state index contributed by atoms with van der Waals surface area (Å²) in [7, 11) is 0. The smallest absolute Gasteiger partial charge is 0.153 e. The minimum Gasteiger partial charge on any atom is -1.00 e. The van der Waals surface area contributed by atoms with E-state index in [2.05, 4.69) is 0 Å². The first-order valence-corrected chi connectivity index (χ1v) is 2.71. The Hall–Kier alpha value is -0.930. The zero-order chi connectivity index (χ0) is 7.56. The Bertz CT molecular complexity index is 263. The lowest BCUT2D eigenvalue weighted by atomic mass is 10.2. The molecular formula is C7H6Cl2O3-2. The molecule has 0 unspecified atom stereocenters. The Morgan fingerprint density at radius 2 is 1.75 bits per heavy atom. The van der Waals surface area contributed by atoms with E-state index >= 15 is 0 Å². The molecule has 0 saturated carbocycles. The molecule has 0 amide bonds. The van der Waals surface area contributed by atoms with Crippen molar-refractivity contribution in [2.24, 2.45) is 0 Å². The van der Waals surface area contributed by atoms with Crippen molar-refractivity contribution in [3.05, 3.63) is 23.8 Å². The van der Waals surface area contributed by atoms with Gasteiger partial charge in [0.05, 0.1) is 5.56 Å². The fourth-order valence-electron chi connectivity index (χ4n) is 0.632. The van der Waals surface area contributed by atoms with E-state index in [1.165, 1.54) is 12.1 Å². The monoisotopic (exact) mass is 208 g/mol. The maximum Gasteiger partial charge on any atom is 0.153 e. The zero-order valence-corrected chi connectivity index (χ0v) is 7.38. The quantitative estimate of drug-likeness (QED) is 0.455. The second-order valence-electron chi connectivity index (χ2n) is 1.86. The molecule has 0 aromatic heterocycles. The van der Waals surface area contributed by atoms with Gasteiger partial charge >= 0.3 is 0 Å². The number of benzene rings is 1. The summed E-state index contributed by atoms with van der Waals surface area (Å²) in [5.74, 6) is -0.252. The van der Waals surface area contributed by atoms with Crippen molar-refractivity contribution in [2.75, 3.05) is 0 Å². The van der Waals surface area contributed by atoms with Crippen molar-refractivity contribution >= 4 is 6.29 Å². The molecule has 0 atom stereocenters. The van der Waals surface area contributed by atoms with Gasteiger partial charge in [0.25, 0.3) is 0 Å². The van der Waals surface area contributed by atoms with Gasteiger partial charge in [0.1, 0.15) is 11.5 Å². The summed E-state index contributed by atoms with van der Waals surface area (Å²) in [6, 6.07) is 3.80. The average molecular weight is 209 g/mol. The average Bonchev–Trinajstić information content (AvgIpc) is 1.88. The molecule has 0 heterocycles. The summed E-state index contributed by atoms with van der Waals surface area (Å²) in [4.78, 5) is 10.1. The highest BCUT2D eigenvalue weighted by molar-refractivity contribution is 5.79. The van der Waals surface area contributed by atoms with Gasteiger partial charge in [-0.15, -0.1) is 0 Å². The first kappa shape index (κ1) is 13.6. The highest BCUT2D eigenvalue weighted by Crippen LogP contribution is 2.20. The lowest BCUT2D eigenvalue weighted by Gasteiger charge is -1.95. The maximum atomic E-state index is 10.1. The van der Waals surface area contributed by atoms with Gasteiger partial charge in [-0.25, -0.2) is 0 Å². The number of hydrogen-bond acceptors (Lipinski definition) is 3. The van der Waals surface area contributed by atoms with Crippen molar-refractivity contribution in [1.29, 1.82) is 0 Å². The van der Waals surface area contributed by atoms with Crippen LogP contribution in [0.3, 0.4) is 0 Å². The zero-order valence-electron chi connectivity index (χ0n) is 5.87. The normalized spacial score (nSPS) is 7.67. The number of carbonyl (C=O) groups is 1. The molecule has 0 bridgehead atoms. The lowest BCUT2D eigenvalue weighted by molar-refractivity contribution is -0.00100. The van der Waals surface area contributed by atoms with E-state index in [9.17, 15) is 4.79 Å². The first-order chi connectivity index (χ1) is 4.74. The molecule has 0 aliphatic heterocycles. The number of phenolic OH excluding ortho intramolecular Hbond substituents is 2. The number of phenols is 2. The van der Waals surface area contributed by atoms with Gasteiger partial charge in [0, 0.05) is 6.07 Å². The van der Waals surface area contributed by atoms with Crippen LogP contribution in [-0.2, 0) is 0 Å². The van der Waals surface area contributed by atoms with Crippen molar-refractivity contribution in [1.82, 2.24) is 0 Å². The third kappa shape index (κ3) is 2.98. The van der Waals surface area contributed by atoms with Crippen LogP contribution in [0.15, 0.2) is 18.2 Å². The van der Waals surface area contributed by atoms with Crippen LogP contribution in [0.25, 0.3) is 0 Å². The molecule has 3 nitrogen and oxygen atoms in total. The van der Waals surface area contributed by atoms with Crippen LogP contribution >= 0.6 is 0 Å². The summed E-state index contributed by atoms with van der Waals surface area (Å²) in [5.41, 5.74) is 0.179. The standard InChI is InChI=1S/C7H6O3.2ClH/c8-4-5-1-2-6(9)3-7(5)10;;/h1-4,9-10H;2*1H/p-2. The van der Waals surface area contributed by atoms with Crippen molar-refractivity contribution in [2.45, 2.75) is 0 Å². The minimum atomic E-state index is -0.199. The molecule has 2 N–H and O–H groups in total. The van der Waals surface area contributed by atoms with Gasteiger partial charge in [0.15, 0.2) is 6.29 Å². The van der Waals surface area contributed by atoms with Crippen LogP contribution in [0.5, 0.6) is 11.5 Å². The third-order valence-corrected chi connectivity index (χ3v) is 1.14. The van der Waals surface area contributed by atoms with Gasteiger partial charge in [-0.3, -0.25) is 4.79 Å². The van der Waals surface area contributed by atoms with E-state index < -0.39 is 0 Å². The summed E-state index contributed by atoms with van der Waals surface area (Å²) in [5, 5.41) is 17.7. The van der Waals surface area contributed by atoms with Crippen LogP contribution in [0, 0.1) is 0 Å². The molecule has 1 rings (SSSR count). The molecule has 1 aromatic rings. The van der Waals surface area contributed by atoms with Gasteiger partial charge in [-0.05, 0) is 12.1 Å². The van der Waals surface area contributed by atoms with E-state index in [1.54, 1.807) is 0 Å². The van der Waals surface area contributed by atoms with Crippen LogP contribution in [0.2, 0.25) is 0 Å². The van der Waals surface area contributed by atoms with Gasteiger partial charge in [0.2, 0.25) is 0 Å². The second-order valence-corrected chi connectivity index (χ2v) is 1.86. The van der Waals surface area contributed by atoms with E-state index in [4.69, 9.17) is 10.2 Å². The molecular weight excluding hydrogens is 203 g/mol. The Kier molecular flexibility index (Phi) is 6.47. The maximum absolute atomic E-state index is 10.1. The second kappa shape index (κ2) is 5.69. The fraction of sp³-hybridized carbons (Fsp3) is 0. The largest absolute Gasteiger partial charge is 1.00 e. The van der Waals surface area contributed by atoms with E-state index in [0.717, 1.165) is 6.07 Å². The van der Waals surface area contributed by atoms with Crippen LogP contribution in [0.4, 0.5) is 0 Å². The summed E-state index contributed by atoms with van der Waals surface area (Å²) in [6.45, 7) is 0. The van der Waals surface area contributed by atoms with Crippen molar-refractivity contribution in [3.8, 4) is 11.5 Å². The van der Waals surface area contributed by atoms with Crippen LogP contribution in [-0.4, -0.2) is 16.5 Å². The van der Waals surface area contributed by atoms with Crippen LogP contribution < -0.4 is 24.8 Å². The predicted molar refractivity (Wildman–Crippen MR) is 35.2 cm³/mol. The van der Waals surface area contributed by atoms with Crippen molar-refractivity contribution < 1.29 is 39.8 Å². The van der Waals surface area contributed by atoms with Gasteiger partial charge in [-0.2, -0.15) is 0 Å². The molecule has 0 saturated heterocycles. The molecule has 5 heteroatoms. The lowest BCUT2D eigenvalue weighted by Crippen LogP contribution is -3.00. The summed E-state index contributed by atoms with van der Waals surface area (Å²) >= 11 is 0. The Morgan fingerprint density at radius 3 is 2.17 bits per heavy atom. The summed E-state index contributed by atoms with van der Waals surface area (Å²) < 4.78 is 0. The molecule has 12 heavy (non-hydrogen) atoms. The molecule has 0 radical (unpaired) electrons. The molecule has 0 fully saturated rings. The Labute approximate surface area is 81.9 Å². The number of aldehydes is 1. The molecule has 68 valence electrons. The number of aromatic hydroxyl groups is 2. The summed E-state index contributed by atoms with van der Waals surface area (Å²) in [6.07, 6.45) is 0.523. The number of rotatable bonds is 1. The van der Waals surface area contributed by atoms with E-state index in [0.29, 0.717) is 6.29 Å². The van der Waals surface area contributed by atoms with Gasteiger partial charge < -0.3 is 35.0 Å². The Morgan fingerprint density at radius 1 is 1.17 bits per heavy atom.